The molecule has 0 radical (unpaired) electrons. The Kier molecular flexibility index (Phi) is 3.29. The molecule has 1 aromatic carbocycles. The Balaban J connectivity index is 2.43. The SMILES string of the molecule is CNC(c1cccc(C)c1)c1cc(C)nn1C. The molecule has 1 aromatic heterocycles. The van der Waals surface area contributed by atoms with E-state index in [9.17, 15) is 0 Å². The molecule has 1 atom stereocenters. The number of rotatable bonds is 3. The van der Waals surface area contributed by atoms with Gasteiger partial charge in [0, 0.05) is 7.05 Å². The minimum atomic E-state index is 0.195. The molecule has 3 heteroatoms. The first-order valence-electron chi connectivity index (χ1n) is 5.86. The van der Waals surface area contributed by atoms with Gasteiger partial charge < -0.3 is 5.32 Å². The molecule has 17 heavy (non-hydrogen) atoms. The van der Waals surface area contributed by atoms with Crippen LogP contribution in [0.25, 0.3) is 0 Å². The number of aromatic nitrogens is 2. The van der Waals surface area contributed by atoms with Crippen LogP contribution in [-0.4, -0.2) is 16.8 Å². The Bertz CT molecular complexity index is 514. The number of nitrogens with zero attached hydrogens (tertiary/aromatic N) is 2. The zero-order chi connectivity index (χ0) is 12.4. The van der Waals surface area contributed by atoms with Crippen LogP contribution < -0.4 is 5.32 Å². The van der Waals surface area contributed by atoms with Gasteiger partial charge in [-0.2, -0.15) is 5.10 Å². The van der Waals surface area contributed by atoms with Gasteiger partial charge in [-0.15, -0.1) is 0 Å². The summed E-state index contributed by atoms with van der Waals surface area (Å²) in [6.07, 6.45) is 0. The van der Waals surface area contributed by atoms with Crippen molar-refractivity contribution in [2.75, 3.05) is 7.05 Å². The smallest absolute Gasteiger partial charge is 0.0745 e. The summed E-state index contributed by atoms with van der Waals surface area (Å²) in [5.74, 6) is 0. The van der Waals surface area contributed by atoms with Crippen molar-refractivity contribution in [1.29, 1.82) is 0 Å². The largest absolute Gasteiger partial charge is 0.308 e. The Morgan fingerprint density at radius 1 is 1.24 bits per heavy atom. The number of nitrogens with one attached hydrogen (secondary N) is 1. The van der Waals surface area contributed by atoms with Gasteiger partial charge in [0.05, 0.1) is 17.4 Å². The van der Waals surface area contributed by atoms with Crippen LogP contribution >= 0.6 is 0 Å². The molecule has 0 aliphatic heterocycles. The van der Waals surface area contributed by atoms with Gasteiger partial charge >= 0.3 is 0 Å². The van der Waals surface area contributed by atoms with Crippen molar-refractivity contribution < 1.29 is 0 Å². The summed E-state index contributed by atoms with van der Waals surface area (Å²) < 4.78 is 1.94. The maximum absolute atomic E-state index is 4.40. The molecular formula is C14H19N3. The van der Waals surface area contributed by atoms with E-state index in [1.165, 1.54) is 16.8 Å². The molecule has 90 valence electrons. The second-order valence-electron chi connectivity index (χ2n) is 4.47. The van der Waals surface area contributed by atoms with Crippen LogP contribution in [0.3, 0.4) is 0 Å². The van der Waals surface area contributed by atoms with Crippen LogP contribution in [0.1, 0.15) is 28.6 Å². The minimum absolute atomic E-state index is 0.195. The summed E-state index contributed by atoms with van der Waals surface area (Å²) in [5, 5.41) is 7.76. The molecule has 0 saturated heterocycles. The van der Waals surface area contributed by atoms with E-state index in [0.29, 0.717) is 0 Å². The van der Waals surface area contributed by atoms with Crippen molar-refractivity contribution in [3.63, 3.8) is 0 Å². The molecule has 1 heterocycles. The summed E-state index contributed by atoms with van der Waals surface area (Å²) in [5.41, 5.74) is 4.79. The van der Waals surface area contributed by atoms with Crippen molar-refractivity contribution in [1.82, 2.24) is 15.1 Å². The molecule has 0 spiro atoms. The van der Waals surface area contributed by atoms with Crippen molar-refractivity contribution >= 4 is 0 Å². The lowest BCUT2D eigenvalue weighted by atomic mass is 10.0. The van der Waals surface area contributed by atoms with Gasteiger partial charge in [0.2, 0.25) is 0 Å². The summed E-state index contributed by atoms with van der Waals surface area (Å²) in [4.78, 5) is 0. The standard InChI is InChI=1S/C14H19N3/c1-10-6-5-7-12(8-10)14(15-3)13-9-11(2)16-17(13)4/h5-9,14-15H,1-4H3. The molecule has 2 rings (SSSR count). The minimum Gasteiger partial charge on any atom is -0.308 e. The monoisotopic (exact) mass is 229 g/mol. The number of hydrogen-bond donors (Lipinski definition) is 1. The van der Waals surface area contributed by atoms with Gasteiger partial charge in [-0.25, -0.2) is 0 Å². The molecule has 2 aromatic rings. The fraction of sp³-hybridized carbons (Fsp3) is 0.357. The van der Waals surface area contributed by atoms with Crippen LogP contribution in [0.4, 0.5) is 0 Å². The number of benzene rings is 1. The lowest BCUT2D eigenvalue weighted by Crippen LogP contribution is -2.20. The molecule has 1 N–H and O–H groups in total. The third-order valence-corrected chi connectivity index (χ3v) is 3.00. The van der Waals surface area contributed by atoms with Gasteiger partial charge in [0.25, 0.3) is 0 Å². The molecule has 3 nitrogen and oxygen atoms in total. The van der Waals surface area contributed by atoms with Crippen molar-refractivity contribution in [3.05, 3.63) is 52.8 Å². The van der Waals surface area contributed by atoms with Gasteiger partial charge in [0.15, 0.2) is 0 Å². The van der Waals surface area contributed by atoms with Gasteiger partial charge in [0.1, 0.15) is 0 Å². The van der Waals surface area contributed by atoms with E-state index < -0.39 is 0 Å². The first-order chi connectivity index (χ1) is 8.11. The van der Waals surface area contributed by atoms with Crippen molar-refractivity contribution in [2.45, 2.75) is 19.9 Å². The Morgan fingerprint density at radius 3 is 2.53 bits per heavy atom. The fourth-order valence-electron chi connectivity index (χ4n) is 2.24. The Morgan fingerprint density at radius 2 is 2.00 bits per heavy atom. The average molecular weight is 229 g/mol. The Hall–Kier alpha value is -1.61. The van der Waals surface area contributed by atoms with E-state index in [1.54, 1.807) is 0 Å². The number of hydrogen-bond acceptors (Lipinski definition) is 2. The second-order valence-corrected chi connectivity index (χ2v) is 4.47. The summed E-state index contributed by atoms with van der Waals surface area (Å²) in [7, 11) is 3.97. The molecule has 0 amide bonds. The zero-order valence-electron chi connectivity index (χ0n) is 10.9. The lowest BCUT2D eigenvalue weighted by molar-refractivity contribution is 0.604. The second kappa shape index (κ2) is 4.72. The summed E-state index contributed by atoms with van der Waals surface area (Å²) in [6.45, 7) is 4.14. The number of aryl methyl sites for hydroxylation is 3. The Labute approximate surface area is 102 Å². The highest BCUT2D eigenvalue weighted by Crippen LogP contribution is 2.22. The molecular weight excluding hydrogens is 210 g/mol. The van der Waals surface area contributed by atoms with Gasteiger partial charge in [-0.05, 0) is 32.5 Å². The normalized spacial score (nSPS) is 12.7. The highest BCUT2D eigenvalue weighted by molar-refractivity contribution is 5.31. The van der Waals surface area contributed by atoms with Crippen LogP contribution in [-0.2, 0) is 7.05 Å². The van der Waals surface area contributed by atoms with Crippen LogP contribution in [0.5, 0.6) is 0 Å². The predicted molar refractivity (Wildman–Crippen MR) is 70.0 cm³/mol. The van der Waals surface area contributed by atoms with E-state index in [-0.39, 0.29) is 6.04 Å². The zero-order valence-corrected chi connectivity index (χ0v) is 10.9. The highest BCUT2D eigenvalue weighted by atomic mass is 15.3. The van der Waals surface area contributed by atoms with Gasteiger partial charge in [-0.3, -0.25) is 4.68 Å². The van der Waals surface area contributed by atoms with Crippen molar-refractivity contribution in [2.24, 2.45) is 7.05 Å². The first kappa shape index (κ1) is 11.9. The summed E-state index contributed by atoms with van der Waals surface area (Å²) in [6, 6.07) is 10.9. The highest BCUT2D eigenvalue weighted by Gasteiger charge is 2.16. The molecule has 0 saturated carbocycles. The molecule has 0 bridgehead atoms. The fourth-order valence-corrected chi connectivity index (χ4v) is 2.24. The first-order valence-corrected chi connectivity index (χ1v) is 5.86. The van der Waals surface area contributed by atoms with E-state index in [2.05, 4.69) is 47.7 Å². The van der Waals surface area contributed by atoms with Gasteiger partial charge in [-0.1, -0.05) is 29.8 Å². The third-order valence-electron chi connectivity index (χ3n) is 3.00. The average Bonchev–Trinajstić information content (AvgIpc) is 2.59. The van der Waals surface area contributed by atoms with E-state index in [0.717, 1.165) is 5.69 Å². The van der Waals surface area contributed by atoms with E-state index in [1.807, 2.05) is 25.7 Å². The summed E-state index contributed by atoms with van der Waals surface area (Å²) >= 11 is 0. The van der Waals surface area contributed by atoms with Crippen LogP contribution in [0.15, 0.2) is 30.3 Å². The maximum atomic E-state index is 4.40. The quantitative estimate of drug-likeness (QED) is 0.875. The molecule has 0 aliphatic carbocycles. The van der Waals surface area contributed by atoms with Crippen LogP contribution in [0.2, 0.25) is 0 Å². The van der Waals surface area contributed by atoms with E-state index in [4.69, 9.17) is 0 Å². The molecule has 0 fully saturated rings. The topological polar surface area (TPSA) is 29.9 Å². The van der Waals surface area contributed by atoms with Crippen LogP contribution in [0, 0.1) is 13.8 Å². The third kappa shape index (κ3) is 2.39. The maximum Gasteiger partial charge on any atom is 0.0745 e. The van der Waals surface area contributed by atoms with E-state index >= 15 is 0 Å². The molecule has 1 unspecified atom stereocenters. The lowest BCUT2D eigenvalue weighted by Gasteiger charge is -2.17. The predicted octanol–water partition coefficient (Wildman–Crippen LogP) is 2.35. The molecule has 0 aliphatic rings. The van der Waals surface area contributed by atoms with Crippen molar-refractivity contribution in [3.8, 4) is 0 Å².